The normalized spacial score (nSPS) is 10.7. The molecule has 0 amide bonds. The van der Waals surface area contributed by atoms with Gasteiger partial charge in [-0.1, -0.05) is 15.9 Å². The van der Waals surface area contributed by atoms with Crippen molar-refractivity contribution in [2.45, 2.75) is 26.3 Å². The minimum Gasteiger partial charge on any atom is -0.492 e. The number of nitrogens with one attached hydrogen (secondary N) is 1. The van der Waals surface area contributed by atoms with E-state index in [-0.39, 0.29) is 6.61 Å². The van der Waals surface area contributed by atoms with Crippen LogP contribution in [0.4, 0.5) is 0 Å². The van der Waals surface area contributed by atoms with Crippen molar-refractivity contribution in [3.63, 3.8) is 0 Å². The Kier molecular flexibility index (Phi) is 7.90. The summed E-state index contributed by atoms with van der Waals surface area (Å²) in [6, 6.07) is 4.05. The molecule has 0 aliphatic heterocycles. The average molecular weight is 381 g/mol. The van der Waals surface area contributed by atoms with Crippen molar-refractivity contribution in [1.29, 1.82) is 0 Å². The number of hydrogen-bond donors (Lipinski definition) is 2. The summed E-state index contributed by atoms with van der Waals surface area (Å²) in [6.07, 6.45) is 1.82. The lowest BCUT2D eigenvalue weighted by Crippen LogP contribution is -2.16. The van der Waals surface area contributed by atoms with E-state index in [1.165, 1.54) is 0 Å². The van der Waals surface area contributed by atoms with E-state index < -0.39 is 0 Å². The highest BCUT2D eigenvalue weighted by Gasteiger charge is 2.09. The molecule has 1 aromatic rings. The molecule has 0 unspecified atom stereocenters. The zero-order valence-electron chi connectivity index (χ0n) is 10.5. The second-order valence-corrected chi connectivity index (χ2v) is 5.69. The van der Waals surface area contributed by atoms with Gasteiger partial charge in [0.15, 0.2) is 0 Å². The molecule has 3 nitrogen and oxygen atoms in total. The van der Waals surface area contributed by atoms with Gasteiger partial charge in [-0.3, -0.25) is 0 Å². The van der Waals surface area contributed by atoms with E-state index in [4.69, 9.17) is 9.84 Å². The van der Waals surface area contributed by atoms with Gasteiger partial charge in [0.2, 0.25) is 0 Å². The predicted molar refractivity (Wildman–Crippen MR) is 81.0 cm³/mol. The van der Waals surface area contributed by atoms with Crippen LogP contribution in [0.25, 0.3) is 0 Å². The smallest absolute Gasteiger partial charge is 0.138 e. The number of benzene rings is 1. The molecule has 1 aromatic carbocycles. The average Bonchev–Trinajstić information content (AvgIpc) is 2.33. The van der Waals surface area contributed by atoms with Gasteiger partial charge in [-0.05, 0) is 54.4 Å². The molecule has 18 heavy (non-hydrogen) atoms. The maximum absolute atomic E-state index is 8.71. The summed E-state index contributed by atoms with van der Waals surface area (Å²) in [5.74, 6) is 0.898. The zero-order chi connectivity index (χ0) is 13.4. The quantitative estimate of drug-likeness (QED) is 0.678. The predicted octanol–water partition coefficient (Wildman–Crippen LogP) is 3.47. The standard InChI is InChI=1S/C13H19Br2NO2/c1-2-18-13-10(7-11(14)8-12(13)15)9-16-5-3-4-6-17/h7-8,16-17H,2-6,9H2,1H3. The Balaban J connectivity index is 2.62. The molecule has 0 atom stereocenters. The van der Waals surface area contributed by atoms with Crippen LogP contribution in [0.15, 0.2) is 21.1 Å². The van der Waals surface area contributed by atoms with Crippen LogP contribution in [-0.2, 0) is 6.54 Å². The summed E-state index contributed by atoms with van der Waals surface area (Å²) < 4.78 is 7.65. The lowest BCUT2D eigenvalue weighted by molar-refractivity contribution is 0.283. The minimum absolute atomic E-state index is 0.258. The van der Waals surface area contributed by atoms with Gasteiger partial charge in [-0.15, -0.1) is 0 Å². The van der Waals surface area contributed by atoms with Crippen LogP contribution in [0.5, 0.6) is 5.75 Å². The monoisotopic (exact) mass is 379 g/mol. The van der Waals surface area contributed by atoms with Crippen molar-refractivity contribution in [3.05, 3.63) is 26.6 Å². The van der Waals surface area contributed by atoms with Crippen LogP contribution in [0, 0.1) is 0 Å². The molecule has 0 spiro atoms. The van der Waals surface area contributed by atoms with Gasteiger partial charge in [0, 0.05) is 23.2 Å². The van der Waals surface area contributed by atoms with Crippen LogP contribution in [-0.4, -0.2) is 24.9 Å². The molecule has 0 aromatic heterocycles. The minimum atomic E-state index is 0.258. The third-order valence-corrected chi connectivity index (χ3v) is 3.50. The number of aliphatic hydroxyl groups excluding tert-OH is 1. The fourth-order valence-corrected chi connectivity index (χ4v) is 3.06. The molecule has 0 saturated heterocycles. The van der Waals surface area contributed by atoms with Gasteiger partial charge in [-0.2, -0.15) is 0 Å². The van der Waals surface area contributed by atoms with Gasteiger partial charge in [-0.25, -0.2) is 0 Å². The maximum atomic E-state index is 8.71. The highest BCUT2D eigenvalue weighted by molar-refractivity contribution is 9.11. The molecule has 0 radical (unpaired) electrons. The van der Waals surface area contributed by atoms with Crippen LogP contribution in [0.2, 0.25) is 0 Å². The fraction of sp³-hybridized carbons (Fsp3) is 0.538. The molecular formula is C13H19Br2NO2. The SMILES string of the molecule is CCOc1c(Br)cc(Br)cc1CNCCCCO. The third kappa shape index (κ3) is 5.26. The first-order valence-electron chi connectivity index (χ1n) is 6.11. The molecule has 0 aliphatic rings. The molecule has 2 N–H and O–H groups in total. The summed E-state index contributed by atoms with van der Waals surface area (Å²) in [6.45, 7) is 4.55. The summed E-state index contributed by atoms with van der Waals surface area (Å²) in [5.41, 5.74) is 1.13. The lowest BCUT2D eigenvalue weighted by atomic mass is 10.2. The topological polar surface area (TPSA) is 41.5 Å². The Morgan fingerprint density at radius 1 is 1.28 bits per heavy atom. The molecule has 0 heterocycles. The summed E-state index contributed by atoms with van der Waals surface area (Å²) in [7, 11) is 0. The summed E-state index contributed by atoms with van der Waals surface area (Å²) in [4.78, 5) is 0. The lowest BCUT2D eigenvalue weighted by Gasteiger charge is -2.13. The molecule has 0 bridgehead atoms. The number of hydrogen-bond acceptors (Lipinski definition) is 3. The van der Waals surface area contributed by atoms with Crippen LogP contribution < -0.4 is 10.1 Å². The van der Waals surface area contributed by atoms with Crippen molar-refractivity contribution in [2.75, 3.05) is 19.8 Å². The number of halogens is 2. The van der Waals surface area contributed by atoms with E-state index in [1.54, 1.807) is 0 Å². The first-order chi connectivity index (χ1) is 8.69. The van der Waals surface area contributed by atoms with Crippen LogP contribution in [0.1, 0.15) is 25.3 Å². The molecule has 5 heteroatoms. The second kappa shape index (κ2) is 8.91. The first-order valence-corrected chi connectivity index (χ1v) is 7.70. The largest absolute Gasteiger partial charge is 0.492 e. The molecule has 1 rings (SSSR count). The van der Waals surface area contributed by atoms with E-state index >= 15 is 0 Å². The van der Waals surface area contributed by atoms with Crippen molar-refractivity contribution >= 4 is 31.9 Å². The molecule has 0 fully saturated rings. The summed E-state index contributed by atoms with van der Waals surface area (Å²) in [5, 5.41) is 12.1. The van der Waals surface area contributed by atoms with Crippen molar-refractivity contribution in [3.8, 4) is 5.75 Å². The maximum Gasteiger partial charge on any atom is 0.138 e. The zero-order valence-corrected chi connectivity index (χ0v) is 13.7. The molecule has 102 valence electrons. The molecule has 0 saturated carbocycles. The van der Waals surface area contributed by atoms with Gasteiger partial charge in [0.1, 0.15) is 5.75 Å². The Bertz CT molecular complexity index is 372. The fourth-order valence-electron chi connectivity index (χ4n) is 1.64. The van der Waals surface area contributed by atoms with E-state index in [1.807, 2.05) is 13.0 Å². The summed E-state index contributed by atoms with van der Waals surface area (Å²) >= 11 is 7.00. The Hall–Kier alpha value is -0.100. The Labute approximate surface area is 125 Å². The van der Waals surface area contributed by atoms with Gasteiger partial charge >= 0.3 is 0 Å². The van der Waals surface area contributed by atoms with Gasteiger partial charge < -0.3 is 15.2 Å². The van der Waals surface area contributed by atoms with Crippen LogP contribution >= 0.6 is 31.9 Å². The third-order valence-electron chi connectivity index (χ3n) is 2.45. The van der Waals surface area contributed by atoms with Crippen molar-refractivity contribution in [1.82, 2.24) is 5.32 Å². The van der Waals surface area contributed by atoms with Crippen LogP contribution in [0.3, 0.4) is 0 Å². The van der Waals surface area contributed by atoms with E-state index in [2.05, 4.69) is 43.2 Å². The van der Waals surface area contributed by atoms with E-state index in [0.29, 0.717) is 6.61 Å². The highest BCUT2D eigenvalue weighted by atomic mass is 79.9. The molecule has 0 aliphatic carbocycles. The number of aliphatic hydroxyl groups is 1. The first kappa shape index (κ1) is 16.0. The van der Waals surface area contributed by atoms with E-state index in [0.717, 1.165) is 46.2 Å². The Morgan fingerprint density at radius 2 is 2.06 bits per heavy atom. The molecular weight excluding hydrogens is 362 g/mol. The van der Waals surface area contributed by atoms with Crippen molar-refractivity contribution in [2.24, 2.45) is 0 Å². The van der Waals surface area contributed by atoms with Crippen molar-refractivity contribution < 1.29 is 9.84 Å². The van der Waals surface area contributed by atoms with E-state index in [9.17, 15) is 0 Å². The van der Waals surface area contributed by atoms with Gasteiger partial charge in [0.05, 0.1) is 11.1 Å². The second-order valence-electron chi connectivity index (χ2n) is 3.92. The highest BCUT2D eigenvalue weighted by Crippen LogP contribution is 2.32. The van der Waals surface area contributed by atoms with Gasteiger partial charge in [0.25, 0.3) is 0 Å². The number of rotatable bonds is 8. The Morgan fingerprint density at radius 3 is 2.72 bits per heavy atom. The number of unbranched alkanes of at least 4 members (excludes halogenated alkanes) is 1. The number of ether oxygens (including phenoxy) is 1.